The molecule has 0 aromatic heterocycles. The molecule has 0 aliphatic rings. The van der Waals surface area contributed by atoms with Crippen molar-refractivity contribution in [2.75, 3.05) is 5.75 Å². The second kappa shape index (κ2) is 5.29. The second-order valence-corrected chi connectivity index (χ2v) is 7.32. The summed E-state index contributed by atoms with van der Waals surface area (Å²) in [5, 5.41) is 8.79. The third kappa shape index (κ3) is 4.52. The Balaban J connectivity index is 3.96. The number of thioether (sulfide) groups is 2. The molecular weight excluding hydrogens is 212 g/mol. The molecule has 1 N–H and O–H groups in total. The van der Waals surface area contributed by atoms with Gasteiger partial charge >= 0.3 is 5.97 Å². The Hall–Kier alpha value is 0.520. The van der Waals surface area contributed by atoms with Gasteiger partial charge in [-0.15, -0.1) is 23.5 Å². The van der Waals surface area contributed by atoms with Gasteiger partial charge in [0.2, 0.25) is 0 Å². The molecule has 0 saturated carbocycles. The van der Waals surface area contributed by atoms with E-state index in [0.29, 0.717) is 0 Å². The fourth-order valence-corrected chi connectivity index (χ4v) is 4.01. The van der Waals surface area contributed by atoms with Crippen LogP contribution in [0.5, 0.6) is 0 Å². The Morgan fingerprint density at radius 2 is 2.17 bits per heavy atom. The van der Waals surface area contributed by atoms with Gasteiger partial charge in [-0.05, 0) is 19.6 Å². The minimum absolute atomic E-state index is 0.0427. The lowest BCUT2D eigenvalue weighted by Gasteiger charge is -2.21. The fourth-order valence-electron chi connectivity index (χ4n) is 0.479. The molecule has 0 aliphatic carbocycles. The number of thiol groups is 1. The molecule has 0 spiro atoms. The predicted molar refractivity (Wildman–Crippen MR) is 60.2 cm³/mol. The van der Waals surface area contributed by atoms with Crippen LogP contribution in [0.4, 0.5) is 0 Å². The van der Waals surface area contributed by atoms with Crippen LogP contribution >= 0.6 is 36.2 Å². The molecule has 1 atom stereocenters. The summed E-state index contributed by atoms with van der Waals surface area (Å²) in [5.41, 5.74) is 0. The number of carboxylic acid groups (broad SMARTS) is 1. The van der Waals surface area contributed by atoms with Crippen LogP contribution in [0.25, 0.3) is 0 Å². The highest BCUT2D eigenvalue weighted by molar-refractivity contribution is 8.28. The molecule has 2 nitrogen and oxygen atoms in total. The molecule has 0 amide bonds. The van der Waals surface area contributed by atoms with E-state index in [4.69, 9.17) is 5.11 Å². The lowest BCUT2D eigenvalue weighted by Crippen LogP contribution is -2.28. The predicted octanol–water partition coefficient (Wildman–Crippen LogP) is 2.55. The van der Waals surface area contributed by atoms with Gasteiger partial charge in [-0.1, -0.05) is 6.92 Å². The highest BCUT2D eigenvalue weighted by atomic mass is 32.3. The van der Waals surface area contributed by atoms with Crippen molar-refractivity contribution in [3.63, 3.8) is 0 Å². The molecule has 1 unspecified atom stereocenters. The molecule has 0 bridgehead atoms. The van der Waals surface area contributed by atoms with Crippen LogP contribution in [0.15, 0.2) is 0 Å². The number of carbonyl (C=O) groups is 1. The van der Waals surface area contributed by atoms with Crippen molar-refractivity contribution in [3.8, 4) is 0 Å². The van der Waals surface area contributed by atoms with Crippen LogP contribution in [-0.2, 0) is 4.79 Å². The maximum atomic E-state index is 10.7. The molecule has 0 rings (SSSR count). The molecule has 0 fully saturated rings. The number of hydrogen-bond acceptors (Lipinski definition) is 4. The third-order valence-corrected chi connectivity index (χ3v) is 4.26. The van der Waals surface area contributed by atoms with Crippen molar-refractivity contribution in [2.24, 2.45) is 0 Å². The van der Waals surface area contributed by atoms with Gasteiger partial charge in [0.1, 0.15) is 4.75 Å². The Bertz CT molecular complexity index is 159. The van der Waals surface area contributed by atoms with E-state index in [9.17, 15) is 4.79 Å². The van der Waals surface area contributed by atoms with Gasteiger partial charge < -0.3 is 5.11 Å². The summed E-state index contributed by atoms with van der Waals surface area (Å²) >= 11 is 7.26. The summed E-state index contributed by atoms with van der Waals surface area (Å²) < 4.78 is -0.699. The van der Waals surface area contributed by atoms with Gasteiger partial charge in [-0.25, -0.2) is 0 Å². The average Bonchev–Trinajstić information content (AvgIpc) is 1.85. The summed E-state index contributed by atoms with van der Waals surface area (Å²) in [7, 11) is 0. The van der Waals surface area contributed by atoms with Crippen LogP contribution in [0.1, 0.15) is 20.8 Å². The van der Waals surface area contributed by atoms with Crippen molar-refractivity contribution in [2.45, 2.75) is 29.4 Å². The van der Waals surface area contributed by atoms with Gasteiger partial charge in [0.25, 0.3) is 0 Å². The first-order chi connectivity index (χ1) is 5.40. The molecular formula is C7H14O2S3. The number of carboxylic acids is 1. The normalized spacial score (nSPS) is 14.3. The zero-order valence-electron chi connectivity index (χ0n) is 7.40. The van der Waals surface area contributed by atoms with Crippen LogP contribution < -0.4 is 0 Å². The molecule has 0 heterocycles. The molecule has 0 aromatic rings. The van der Waals surface area contributed by atoms with Crippen LogP contribution in [0.3, 0.4) is 0 Å². The zero-order chi connectivity index (χ0) is 9.78. The summed E-state index contributed by atoms with van der Waals surface area (Å²) in [6.45, 7) is 5.42. The monoisotopic (exact) mass is 226 g/mol. The summed E-state index contributed by atoms with van der Waals surface area (Å²) in [4.78, 5) is 10.7. The molecule has 0 aromatic carbocycles. The Morgan fingerprint density at radius 1 is 1.67 bits per heavy atom. The standard InChI is InChI=1S/C7H14O2S3/c1-4-11-6(10)12-7(2,3)5(8)9/h6,10H,4H2,1-3H3,(H,8,9). The van der Waals surface area contributed by atoms with E-state index in [1.165, 1.54) is 11.8 Å². The first-order valence-electron chi connectivity index (χ1n) is 3.61. The number of rotatable bonds is 5. The highest BCUT2D eigenvalue weighted by Crippen LogP contribution is 2.36. The molecule has 0 aliphatic heterocycles. The van der Waals surface area contributed by atoms with E-state index in [-0.39, 0.29) is 3.91 Å². The quantitative estimate of drug-likeness (QED) is 0.558. The Morgan fingerprint density at radius 3 is 2.50 bits per heavy atom. The van der Waals surface area contributed by atoms with Crippen LogP contribution in [-0.4, -0.2) is 25.5 Å². The van der Waals surface area contributed by atoms with Gasteiger partial charge in [-0.3, -0.25) is 4.79 Å². The van der Waals surface area contributed by atoms with Crippen LogP contribution in [0.2, 0.25) is 0 Å². The summed E-state index contributed by atoms with van der Waals surface area (Å²) in [6, 6.07) is 0. The van der Waals surface area contributed by atoms with E-state index in [1.54, 1.807) is 25.6 Å². The second-order valence-electron chi connectivity index (χ2n) is 2.70. The third-order valence-electron chi connectivity index (χ3n) is 1.22. The molecule has 0 radical (unpaired) electrons. The maximum absolute atomic E-state index is 10.7. The first kappa shape index (κ1) is 12.5. The van der Waals surface area contributed by atoms with Crippen molar-refractivity contribution < 1.29 is 9.90 Å². The van der Waals surface area contributed by atoms with E-state index in [0.717, 1.165) is 5.75 Å². The minimum Gasteiger partial charge on any atom is -0.480 e. The van der Waals surface area contributed by atoms with Crippen molar-refractivity contribution in [1.29, 1.82) is 0 Å². The highest BCUT2D eigenvalue weighted by Gasteiger charge is 2.30. The topological polar surface area (TPSA) is 37.3 Å². The van der Waals surface area contributed by atoms with E-state index in [1.807, 2.05) is 6.92 Å². The van der Waals surface area contributed by atoms with Gasteiger partial charge in [0.15, 0.2) is 0 Å². The largest absolute Gasteiger partial charge is 0.480 e. The summed E-state index contributed by atoms with van der Waals surface area (Å²) in [6.07, 6.45) is 0. The molecule has 5 heteroatoms. The Kier molecular flexibility index (Phi) is 5.52. The lowest BCUT2D eigenvalue weighted by atomic mass is 10.2. The molecule has 12 heavy (non-hydrogen) atoms. The lowest BCUT2D eigenvalue weighted by molar-refractivity contribution is -0.138. The smallest absolute Gasteiger partial charge is 0.319 e. The minimum atomic E-state index is -0.789. The molecule has 0 saturated heterocycles. The van der Waals surface area contributed by atoms with Gasteiger partial charge in [0.05, 0.1) is 3.91 Å². The van der Waals surface area contributed by atoms with Gasteiger partial charge in [0, 0.05) is 0 Å². The van der Waals surface area contributed by atoms with Crippen LogP contribution in [0, 0.1) is 0 Å². The summed E-state index contributed by atoms with van der Waals surface area (Å²) in [5.74, 6) is 0.167. The van der Waals surface area contributed by atoms with Gasteiger partial charge in [-0.2, -0.15) is 12.6 Å². The van der Waals surface area contributed by atoms with Crippen molar-refractivity contribution in [3.05, 3.63) is 0 Å². The fraction of sp³-hybridized carbons (Fsp3) is 0.857. The first-order valence-corrected chi connectivity index (χ1v) is 6.05. The maximum Gasteiger partial charge on any atom is 0.319 e. The average molecular weight is 226 g/mol. The van der Waals surface area contributed by atoms with Crippen molar-refractivity contribution in [1.82, 2.24) is 0 Å². The van der Waals surface area contributed by atoms with E-state index >= 15 is 0 Å². The number of hydrogen-bond donors (Lipinski definition) is 2. The molecule has 72 valence electrons. The van der Waals surface area contributed by atoms with Crippen molar-refractivity contribution >= 4 is 42.1 Å². The van der Waals surface area contributed by atoms with E-state index in [2.05, 4.69) is 12.6 Å². The SMILES string of the molecule is CCSC(S)SC(C)(C)C(=O)O. The zero-order valence-corrected chi connectivity index (χ0v) is 9.93. The number of aliphatic carboxylic acids is 1. The Labute approximate surface area is 87.3 Å². The van der Waals surface area contributed by atoms with E-state index < -0.39 is 10.7 Å².